The summed E-state index contributed by atoms with van der Waals surface area (Å²) in [6, 6.07) is 14.1. The second-order valence-corrected chi connectivity index (χ2v) is 7.00. The number of benzene rings is 2. The maximum Gasteiger partial charge on any atom is 0.407 e. The van der Waals surface area contributed by atoms with Gasteiger partial charge in [0, 0.05) is 5.92 Å². The van der Waals surface area contributed by atoms with Crippen LogP contribution in [0, 0.1) is 0 Å². The summed E-state index contributed by atoms with van der Waals surface area (Å²) in [6.45, 7) is 3.23. The highest BCUT2D eigenvalue weighted by Gasteiger charge is 2.29. The zero-order valence-corrected chi connectivity index (χ0v) is 16.3. The van der Waals surface area contributed by atoms with Gasteiger partial charge in [0.25, 0.3) is 0 Å². The van der Waals surface area contributed by atoms with Crippen LogP contribution in [-0.2, 0) is 14.3 Å². The van der Waals surface area contributed by atoms with Crippen LogP contribution in [0.4, 0.5) is 4.79 Å². The molecule has 0 fully saturated rings. The van der Waals surface area contributed by atoms with Crippen LogP contribution in [-0.4, -0.2) is 41.8 Å². The van der Waals surface area contributed by atoms with Gasteiger partial charge in [0.05, 0.1) is 0 Å². The standard InChI is InChI=1S/C22H24N2O5/c1-3-19(20(25)23-13(2)21(26)27)24-22(28)29-12-18-16-10-6-4-8-14(16)15-9-5-7-11-17(15)18/h4-11,13,18-19H,3,12H2,1-2H3,(H,23,25)(H,24,28)(H,26,27)/t13-,19-/m1/s1. The SMILES string of the molecule is CC[C@@H](NC(=O)OCC1c2ccccc2-c2ccccc21)C(=O)N[C@H](C)C(=O)O. The van der Waals surface area contributed by atoms with Crippen LogP contribution in [0.25, 0.3) is 11.1 Å². The van der Waals surface area contributed by atoms with Gasteiger partial charge in [0.15, 0.2) is 0 Å². The van der Waals surface area contributed by atoms with Gasteiger partial charge in [0.1, 0.15) is 18.7 Å². The number of carboxylic acid groups (broad SMARTS) is 1. The predicted molar refractivity (Wildman–Crippen MR) is 108 cm³/mol. The molecule has 2 amide bonds. The molecule has 0 radical (unpaired) electrons. The number of fused-ring (bicyclic) bond motifs is 3. The number of alkyl carbamates (subject to hydrolysis) is 1. The third-order valence-corrected chi connectivity index (χ3v) is 5.09. The third kappa shape index (κ3) is 4.39. The van der Waals surface area contributed by atoms with E-state index in [1.165, 1.54) is 6.92 Å². The molecule has 2 aromatic carbocycles. The first kappa shape index (κ1) is 20.4. The number of aliphatic carboxylic acids is 1. The van der Waals surface area contributed by atoms with Crippen molar-refractivity contribution in [2.24, 2.45) is 0 Å². The Labute approximate surface area is 169 Å². The van der Waals surface area contributed by atoms with Crippen LogP contribution >= 0.6 is 0 Å². The van der Waals surface area contributed by atoms with Gasteiger partial charge in [-0.3, -0.25) is 9.59 Å². The molecule has 7 heteroatoms. The summed E-state index contributed by atoms with van der Waals surface area (Å²) in [5.41, 5.74) is 4.46. The van der Waals surface area contributed by atoms with E-state index in [1.807, 2.05) is 36.4 Å². The molecular formula is C22H24N2O5. The average Bonchev–Trinajstić information content (AvgIpc) is 3.04. The first-order valence-corrected chi connectivity index (χ1v) is 9.57. The zero-order chi connectivity index (χ0) is 21.0. The van der Waals surface area contributed by atoms with E-state index in [2.05, 4.69) is 22.8 Å². The predicted octanol–water partition coefficient (Wildman–Crippen LogP) is 2.89. The van der Waals surface area contributed by atoms with Crippen LogP contribution < -0.4 is 10.6 Å². The molecule has 0 aromatic heterocycles. The minimum absolute atomic E-state index is 0.0749. The van der Waals surface area contributed by atoms with Crippen molar-refractivity contribution in [3.8, 4) is 11.1 Å². The van der Waals surface area contributed by atoms with Crippen LogP contribution in [0.3, 0.4) is 0 Å². The largest absolute Gasteiger partial charge is 0.480 e. The summed E-state index contributed by atoms with van der Waals surface area (Å²) in [7, 11) is 0. The van der Waals surface area contributed by atoms with E-state index in [4.69, 9.17) is 9.84 Å². The van der Waals surface area contributed by atoms with Crippen LogP contribution in [0.15, 0.2) is 48.5 Å². The first-order valence-electron chi connectivity index (χ1n) is 9.57. The Morgan fingerprint density at radius 3 is 2.07 bits per heavy atom. The first-order chi connectivity index (χ1) is 13.9. The molecule has 0 unspecified atom stereocenters. The minimum atomic E-state index is -1.14. The lowest BCUT2D eigenvalue weighted by molar-refractivity contribution is -0.141. The van der Waals surface area contributed by atoms with Gasteiger partial charge in [-0.25, -0.2) is 4.79 Å². The number of amides is 2. The molecule has 0 saturated heterocycles. The zero-order valence-electron chi connectivity index (χ0n) is 16.3. The summed E-state index contributed by atoms with van der Waals surface area (Å²) >= 11 is 0. The molecule has 0 aliphatic heterocycles. The molecule has 3 rings (SSSR count). The molecule has 0 saturated carbocycles. The Morgan fingerprint density at radius 2 is 1.55 bits per heavy atom. The molecule has 7 nitrogen and oxygen atoms in total. The molecule has 1 aliphatic carbocycles. The topological polar surface area (TPSA) is 105 Å². The highest BCUT2D eigenvalue weighted by molar-refractivity contribution is 5.89. The van der Waals surface area contributed by atoms with Gasteiger partial charge in [-0.05, 0) is 35.6 Å². The summed E-state index contributed by atoms with van der Waals surface area (Å²) in [5, 5.41) is 13.8. The molecule has 2 atom stereocenters. The number of carbonyl (C=O) groups excluding carboxylic acids is 2. The minimum Gasteiger partial charge on any atom is -0.480 e. The van der Waals surface area contributed by atoms with Gasteiger partial charge in [-0.1, -0.05) is 55.5 Å². The van der Waals surface area contributed by atoms with Gasteiger partial charge < -0.3 is 20.5 Å². The molecular weight excluding hydrogens is 372 g/mol. The molecule has 2 aromatic rings. The number of hydrogen-bond donors (Lipinski definition) is 3. The lowest BCUT2D eigenvalue weighted by Crippen LogP contribution is -2.50. The van der Waals surface area contributed by atoms with E-state index in [-0.39, 0.29) is 12.5 Å². The molecule has 1 aliphatic rings. The van der Waals surface area contributed by atoms with Gasteiger partial charge in [-0.2, -0.15) is 0 Å². The molecule has 152 valence electrons. The van der Waals surface area contributed by atoms with Crippen LogP contribution in [0.2, 0.25) is 0 Å². The number of rotatable bonds is 7. The smallest absolute Gasteiger partial charge is 0.407 e. The number of carboxylic acids is 1. The second kappa shape index (κ2) is 8.77. The number of hydrogen-bond acceptors (Lipinski definition) is 4. The van der Waals surface area contributed by atoms with Crippen LogP contribution in [0.1, 0.15) is 37.3 Å². The van der Waals surface area contributed by atoms with Crippen molar-refractivity contribution < 1.29 is 24.2 Å². The highest BCUT2D eigenvalue weighted by Crippen LogP contribution is 2.44. The van der Waals surface area contributed by atoms with E-state index in [0.717, 1.165) is 22.3 Å². The fourth-order valence-corrected chi connectivity index (χ4v) is 3.51. The Hall–Kier alpha value is -3.35. The Morgan fingerprint density at radius 1 is 1.00 bits per heavy atom. The van der Waals surface area contributed by atoms with Crippen molar-refractivity contribution in [1.29, 1.82) is 0 Å². The average molecular weight is 396 g/mol. The molecule has 0 bridgehead atoms. The van der Waals surface area contributed by atoms with Gasteiger partial charge in [-0.15, -0.1) is 0 Å². The fraction of sp³-hybridized carbons (Fsp3) is 0.318. The molecule has 0 spiro atoms. The van der Waals surface area contributed by atoms with E-state index in [1.54, 1.807) is 6.92 Å². The van der Waals surface area contributed by atoms with Gasteiger partial charge in [0.2, 0.25) is 5.91 Å². The fourth-order valence-electron chi connectivity index (χ4n) is 3.51. The number of carbonyl (C=O) groups is 3. The van der Waals surface area contributed by atoms with E-state index >= 15 is 0 Å². The monoisotopic (exact) mass is 396 g/mol. The third-order valence-electron chi connectivity index (χ3n) is 5.09. The molecule has 3 N–H and O–H groups in total. The second-order valence-electron chi connectivity index (χ2n) is 7.00. The maximum absolute atomic E-state index is 12.3. The molecule has 29 heavy (non-hydrogen) atoms. The van der Waals surface area contributed by atoms with Crippen LogP contribution in [0.5, 0.6) is 0 Å². The van der Waals surface area contributed by atoms with Crippen molar-refractivity contribution in [3.05, 3.63) is 59.7 Å². The normalized spacial score (nSPS) is 14.3. The summed E-state index contributed by atoms with van der Waals surface area (Å²) in [5.74, 6) is -1.78. The van der Waals surface area contributed by atoms with E-state index in [0.29, 0.717) is 6.42 Å². The van der Waals surface area contributed by atoms with Crippen molar-refractivity contribution in [3.63, 3.8) is 0 Å². The van der Waals surface area contributed by atoms with E-state index < -0.39 is 30.1 Å². The van der Waals surface area contributed by atoms with Crippen molar-refractivity contribution in [2.75, 3.05) is 6.61 Å². The Balaban J connectivity index is 1.63. The number of nitrogens with one attached hydrogen (secondary N) is 2. The maximum atomic E-state index is 12.3. The van der Waals surface area contributed by atoms with E-state index in [9.17, 15) is 14.4 Å². The Bertz CT molecular complexity index is 881. The Kier molecular flexibility index (Phi) is 6.16. The quantitative estimate of drug-likeness (QED) is 0.667. The summed E-state index contributed by atoms with van der Waals surface area (Å²) in [4.78, 5) is 35.3. The highest BCUT2D eigenvalue weighted by atomic mass is 16.5. The number of ether oxygens (including phenoxy) is 1. The lowest BCUT2D eigenvalue weighted by atomic mass is 9.98. The van der Waals surface area contributed by atoms with Gasteiger partial charge >= 0.3 is 12.1 Å². The van der Waals surface area contributed by atoms with Crippen molar-refractivity contribution in [2.45, 2.75) is 38.3 Å². The summed E-state index contributed by atoms with van der Waals surface area (Å²) in [6.07, 6.45) is -0.403. The van der Waals surface area contributed by atoms with Crippen molar-refractivity contribution >= 4 is 18.0 Å². The van der Waals surface area contributed by atoms with Crippen molar-refractivity contribution in [1.82, 2.24) is 10.6 Å². The lowest BCUT2D eigenvalue weighted by Gasteiger charge is -2.19. The summed E-state index contributed by atoms with van der Waals surface area (Å²) < 4.78 is 5.43. The molecule has 0 heterocycles.